The molecule has 3 aromatic rings. The van der Waals surface area contributed by atoms with Gasteiger partial charge in [-0.25, -0.2) is 0 Å². The highest BCUT2D eigenvalue weighted by atomic mass is 16.5. The van der Waals surface area contributed by atoms with Crippen molar-refractivity contribution in [2.75, 3.05) is 51.3 Å². The largest absolute Gasteiger partial charge is 0.497 e. The molecule has 0 radical (unpaired) electrons. The fourth-order valence-corrected chi connectivity index (χ4v) is 4.60. The second kappa shape index (κ2) is 12.3. The van der Waals surface area contributed by atoms with Crippen molar-refractivity contribution in [2.45, 2.75) is 26.7 Å². The molecule has 8 nitrogen and oxygen atoms in total. The van der Waals surface area contributed by atoms with E-state index in [4.69, 9.17) is 4.74 Å². The fraction of sp³-hybridized carbons (Fsp3) is 0.379. The molecule has 1 fully saturated rings. The number of ether oxygens (including phenoxy) is 1. The highest BCUT2D eigenvalue weighted by molar-refractivity contribution is 5.97. The number of aromatic nitrogens is 2. The van der Waals surface area contributed by atoms with Gasteiger partial charge >= 0.3 is 0 Å². The van der Waals surface area contributed by atoms with Crippen molar-refractivity contribution in [1.29, 1.82) is 0 Å². The highest BCUT2D eigenvalue weighted by Gasteiger charge is 2.25. The summed E-state index contributed by atoms with van der Waals surface area (Å²) in [6.45, 7) is 7.28. The number of aryl methyl sites for hydroxylation is 1. The van der Waals surface area contributed by atoms with E-state index in [-0.39, 0.29) is 18.4 Å². The molecule has 1 aromatic heterocycles. The summed E-state index contributed by atoms with van der Waals surface area (Å²) in [5, 5.41) is 8.89. The first-order chi connectivity index (χ1) is 18.0. The van der Waals surface area contributed by atoms with E-state index in [1.165, 1.54) is 0 Å². The first kappa shape index (κ1) is 26.1. The summed E-state index contributed by atoms with van der Waals surface area (Å²) >= 11 is 0. The number of hydrogen-bond donors (Lipinski definition) is 0. The predicted molar refractivity (Wildman–Crippen MR) is 145 cm³/mol. The second-order valence-corrected chi connectivity index (χ2v) is 9.27. The van der Waals surface area contributed by atoms with Crippen LogP contribution in [0.3, 0.4) is 0 Å². The van der Waals surface area contributed by atoms with Gasteiger partial charge in [0.05, 0.1) is 12.8 Å². The Balaban J connectivity index is 1.38. The summed E-state index contributed by atoms with van der Waals surface area (Å²) in [6.07, 6.45) is 1.62. The molecule has 2 amide bonds. The van der Waals surface area contributed by atoms with E-state index >= 15 is 0 Å². The Morgan fingerprint density at radius 3 is 2.54 bits per heavy atom. The van der Waals surface area contributed by atoms with E-state index in [2.05, 4.69) is 15.1 Å². The van der Waals surface area contributed by atoms with Gasteiger partial charge < -0.3 is 19.4 Å². The molecule has 0 bridgehead atoms. The lowest BCUT2D eigenvalue weighted by Gasteiger charge is -2.27. The van der Waals surface area contributed by atoms with Gasteiger partial charge in [-0.15, -0.1) is 10.2 Å². The summed E-state index contributed by atoms with van der Waals surface area (Å²) in [5.74, 6) is 1.47. The molecule has 0 saturated carbocycles. The SMILES string of the molecule is CCCN(CC(=O)N1CCCN(c2ccc(-c3cccc(OC)c3)nn2)CC1)C(=O)c1ccccc1C. The molecule has 0 aliphatic carbocycles. The average Bonchev–Trinajstić information content (AvgIpc) is 3.19. The Bertz CT molecular complexity index is 1210. The molecule has 0 N–H and O–H groups in total. The predicted octanol–water partition coefficient (Wildman–Crippen LogP) is 4.05. The number of benzene rings is 2. The molecular formula is C29H35N5O3. The number of rotatable bonds is 8. The van der Waals surface area contributed by atoms with Crippen LogP contribution in [0.5, 0.6) is 5.75 Å². The van der Waals surface area contributed by atoms with Gasteiger partial charge in [-0.05, 0) is 55.7 Å². The summed E-state index contributed by atoms with van der Waals surface area (Å²) in [4.78, 5) is 32.1. The Hall–Kier alpha value is -3.94. The third-order valence-electron chi connectivity index (χ3n) is 6.67. The Kier molecular flexibility index (Phi) is 8.72. The smallest absolute Gasteiger partial charge is 0.254 e. The molecule has 0 atom stereocenters. The van der Waals surface area contributed by atoms with Crippen molar-refractivity contribution in [2.24, 2.45) is 0 Å². The molecule has 2 aromatic carbocycles. The van der Waals surface area contributed by atoms with E-state index < -0.39 is 0 Å². The van der Waals surface area contributed by atoms with Crippen molar-refractivity contribution in [3.8, 4) is 17.0 Å². The van der Waals surface area contributed by atoms with Crippen molar-refractivity contribution < 1.29 is 14.3 Å². The first-order valence-electron chi connectivity index (χ1n) is 12.9. The number of carbonyl (C=O) groups excluding carboxylic acids is 2. The van der Waals surface area contributed by atoms with Gasteiger partial charge in [0, 0.05) is 43.9 Å². The van der Waals surface area contributed by atoms with Crippen LogP contribution in [0.2, 0.25) is 0 Å². The number of methoxy groups -OCH3 is 1. The second-order valence-electron chi connectivity index (χ2n) is 9.27. The van der Waals surface area contributed by atoms with Crippen LogP contribution in [0.4, 0.5) is 5.82 Å². The van der Waals surface area contributed by atoms with Gasteiger partial charge in [0.25, 0.3) is 5.91 Å². The summed E-state index contributed by atoms with van der Waals surface area (Å²) < 4.78 is 5.31. The van der Waals surface area contributed by atoms with E-state index in [1.807, 2.05) is 79.4 Å². The quantitative estimate of drug-likeness (QED) is 0.463. The zero-order chi connectivity index (χ0) is 26.2. The molecule has 0 unspecified atom stereocenters. The molecular weight excluding hydrogens is 466 g/mol. The van der Waals surface area contributed by atoms with Crippen LogP contribution < -0.4 is 9.64 Å². The van der Waals surface area contributed by atoms with E-state index in [0.717, 1.165) is 47.8 Å². The van der Waals surface area contributed by atoms with Gasteiger partial charge in [-0.1, -0.05) is 37.3 Å². The van der Waals surface area contributed by atoms with Crippen LogP contribution in [0.25, 0.3) is 11.3 Å². The number of hydrogen-bond acceptors (Lipinski definition) is 6. The molecule has 1 saturated heterocycles. The van der Waals surface area contributed by atoms with E-state index in [9.17, 15) is 9.59 Å². The van der Waals surface area contributed by atoms with Crippen LogP contribution in [0.15, 0.2) is 60.7 Å². The molecule has 1 aliphatic rings. The van der Waals surface area contributed by atoms with Crippen molar-refractivity contribution in [3.05, 3.63) is 71.8 Å². The molecule has 37 heavy (non-hydrogen) atoms. The maximum absolute atomic E-state index is 13.2. The lowest BCUT2D eigenvalue weighted by molar-refractivity contribution is -0.131. The monoisotopic (exact) mass is 501 g/mol. The number of anilines is 1. The van der Waals surface area contributed by atoms with Crippen LogP contribution >= 0.6 is 0 Å². The summed E-state index contributed by atoms with van der Waals surface area (Å²) in [5.41, 5.74) is 3.30. The minimum atomic E-state index is -0.0869. The molecule has 0 spiro atoms. The fourth-order valence-electron chi connectivity index (χ4n) is 4.60. The summed E-state index contributed by atoms with van der Waals surface area (Å²) in [6, 6.07) is 19.2. The van der Waals surface area contributed by atoms with Crippen LogP contribution in [-0.4, -0.2) is 78.2 Å². The minimum Gasteiger partial charge on any atom is -0.497 e. The Morgan fingerprint density at radius 2 is 1.81 bits per heavy atom. The highest BCUT2D eigenvalue weighted by Crippen LogP contribution is 2.23. The molecule has 8 heteroatoms. The zero-order valence-corrected chi connectivity index (χ0v) is 21.9. The minimum absolute atomic E-state index is 0.0170. The van der Waals surface area contributed by atoms with Crippen molar-refractivity contribution in [1.82, 2.24) is 20.0 Å². The van der Waals surface area contributed by atoms with Gasteiger partial charge in [-0.3, -0.25) is 9.59 Å². The Labute approximate surface area is 218 Å². The van der Waals surface area contributed by atoms with Crippen LogP contribution in [0.1, 0.15) is 35.7 Å². The lowest BCUT2D eigenvalue weighted by Crippen LogP contribution is -2.44. The zero-order valence-electron chi connectivity index (χ0n) is 21.9. The van der Waals surface area contributed by atoms with Gasteiger partial charge in [0.15, 0.2) is 5.82 Å². The van der Waals surface area contributed by atoms with Gasteiger partial charge in [-0.2, -0.15) is 0 Å². The average molecular weight is 502 g/mol. The number of amides is 2. The standard InChI is InChI=1S/C29H35N5O3/c1-4-15-34(29(36)25-12-6-5-9-22(25)2)21-28(35)33-17-8-16-32(18-19-33)27-14-13-26(30-31-27)23-10-7-11-24(20-23)37-3/h5-7,9-14,20H,4,8,15-19,21H2,1-3H3. The van der Waals surface area contributed by atoms with Crippen LogP contribution in [0, 0.1) is 6.92 Å². The lowest BCUT2D eigenvalue weighted by atomic mass is 10.1. The first-order valence-corrected chi connectivity index (χ1v) is 12.9. The van der Waals surface area contributed by atoms with Crippen molar-refractivity contribution >= 4 is 17.6 Å². The maximum Gasteiger partial charge on any atom is 0.254 e. The van der Waals surface area contributed by atoms with E-state index in [1.54, 1.807) is 12.0 Å². The maximum atomic E-state index is 13.2. The molecule has 194 valence electrons. The van der Waals surface area contributed by atoms with Crippen LogP contribution in [-0.2, 0) is 4.79 Å². The topological polar surface area (TPSA) is 78.9 Å². The molecule has 2 heterocycles. The normalized spacial score (nSPS) is 13.7. The third kappa shape index (κ3) is 6.44. The van der Waals surface area contributed by atoms with E-state index in [0.29, 0.717) is 31.7 Å². The molecule has 1 aliphatic heterocycles. The number of carbonyl (C=O) groups is 2. The van der Waals surface area contributed by atoms with Crippen molar-refractivity contribution in [3.63, 3.8) is 0 Å². The van der Waals surface area contributed by atoms with Gasteiger partial charge in [0.2, 0.25) is 5.91 Å². The number of nitrogens with zero attached hydrogens (tertiary/aromatic N) is 5. The third-order valence-corrected chi connectivity index (χ3v) is 6.67. The Morgan fingerprint density at radius 1 is 0.973 bits per heavy atom. The molecule has 4 rings (SSSR count). The van der Waals surface area contributed by atoms with Gasteiger partial charge in [0.1, 0.15) is 12.3 Å². The summed E-state index contributed by atoms with van der Waals surface area (Å²) in [7, 11) is 1.64.